The molecule has 3 N–H and O–H groups in total. The lowest BCUT2D eigenvalue weighted by atomic mass is 10.0. The van der Waals surface area contributed by atoms with Gasteiger partial charge in [0.2, 0.25) is 0 Å². The van der Waals surface area contributed by atoms with E-state index in [1.54, 1.807) is 12.1 Å². The molecule has 6 heteroatoms. The van der Waals surface area contributed by atoms with Gasteiger partial charge in [-0.05, 0) is 24.3 Å². The third kappa shape index (κ3) is 4.32. The fraction of sp³-hybridized carbons (Fsp3) is 0.278. The third-order valence-electron chi connectivity index (χ3n) is 3.72. The number of nitrogens with two attached hydrogens (primary N) is 1. The smallest absolute Gasteiger partial charge is 0.189 e. The minimum atomic E-state index is 0.118. The molecule has 1 heterocycles. The van der Waals surface area contributed by atoms with Crippen molar-refractivity contribution in [3.8, 4) is 11.5 Å². The second-order valence-electron chi connectivity index (χ2n) is 5.44. The van der Waals surface area contributed by atoms with E-state index in [-0.39, 0.29) is 6.04 Å². The second kappa shape index (κ2) is 7.93. The number of nitrogens with zero attached hydrogens (tertiary/aromatic N) is 1. The van der Waals surface area contributed by atoms with Gasteiger partial charge in [0.15, 0.2) is 5.96 Å². The van der Waals surface area contributed by atoms with Gasteiger partial charge in [-0.25, -0.2) is 4.99 Å². The molecule has 0 saturated heterocycles. The van der Waals surface area contributed by atoms with Crippen LogP contribution >= 0.6 is 11.6 Å². The van der Waals surface area contributed by atoms with Gasteiger partial charge in [-0.2, -0.15) is 0 Å². The zero-order valence-electron chi connectivity index (χ0n) is 13.2. The maximum Gasteiger partial charge on any atom is 0.189 e. The summed E-state index contributed by atoms with van der Waals surface area (Å²) in [5.41, 5.74) is 7.10. The van der Waals surface area contributed by atoms with Crippen molar-refractivity contribution in [3.63, 3.8) is 0 Å². The van der Waals surface area contributed by atoms with Crippen molar-refractivity contribution in [2.45, 2.75) is 12.5 Å². The summed E-state index contributed by atoms with van der Waals surface area (Å²) in [7, 11) is 0. The average molecular weight is 346 g/mol. The fourth-order valence-electron chi connectivity index (χ4n) is 2.60. The minimum absolute atomic E-state index is 0.118. The molecule has 0 aliphatic carbocycles. The van der Waals surface area contributed by atoms with Crippen LogP contribution in [-0.4, -0.2) is 25.7 Å². The van der Waals surface area contributed by atoms with E-state index in [0.717, 1.165) is 23.5 Å². The van der Waals surface area contributed by atoms with Crippen LogP contribution < -0.4 is 20.5 Å². The maximum atomic E-state index is 5.99. The first-order valence-corrected chi connectivity index (χ1v) is 8.27. The number of aliphatic imine (C=N–C) groups is 1. The number of nitrogens with one attached hydrogen (secondary N) is 1. The molecule has 126 valence electrons. The summed E-state index contributed by atoms with van der Waals surface area (Å²) in [4.78, 5) is 4.31. The van der Waals surface area contributed by atoms with Crippen LogP contribution in [0.4, 0.5) is 0 Å². The van der Waals surface area contributed by atoms with Crippen LogP contribution in [0.25, 0.3) is 0 Å². The van der Waals surface area contributed by atoms with E-state index in [1.807, 2.05) is 36.4 Å². The van der Waals surface area contributed by atoms with Gasteiger partial charge in [0, 0.05) is 17.0 Å². The third-order valence-corrected chi connectivity index (χ3v) is 3.95. The van der Waals surface area contributed by atoms with Crippen LogP contribution in [0, 0.1) is 0 Å². The normalized spacial score (nSPS) is 16.9. The van der Waals surface area contributed by atoms with Gasteiger partial charge in [0.05, 0.1) is 19.2 Å². The van der Waals surface area contributed by atoms with Crippen LogP contribution in [0.15, 0.2) is 53.5 Å². The van der Waals surface area contributed by atoms with Crippen molar-refractivity contribution < 1.29 is 9.47 Å². The molecule has 5 nitrogen and oxygen atoms in total. The van der Waals surface area contributed by atoms with Crippen LogP contribution in [-0.2, 0) is 0 Å². The topological polar surface area (TPSA) is 68.9 Å². The molecule has 0 radical (unpaired) electrons. The number of ether oxygens (including phenoxy) is 2. The molecule has 1 aliphatic rings. The van der Waals surface area contributed by atoms with Gasteiger partial charge in [-0.15, -0.1) is 0 Å². The molecule has 1 unspecified atom stereocenters. The second-order valence-corrected chi connectivity index (χ2v) is 5.88. The highest BCUT2D eigenvalue weighted by molar-refractivity contribution is 6.30. The van der Waals surface area contributed by atoms with E-state index in [1.165, 1.54) is 0 Å². The lowest BCUT2D eigenvalue weighted by molar-refractivity contribution is 0.262. The Balaban J connectivity index is 1.50. The number of para-hydroxylation sites is 1. The Morgan fingerprint density at radius 1 is 1.29 bits per heavy atom. The zero-order chi connectivity index (χ0) is 16.8. The van der Waals surface area contributed by atoms with Gasteiger partial charge < -0.3 is 20.5 Å². The Bertz CT molecular complexity index is 721. The molecular weight excluding hydrogens is 326 g/mol. The van der Waals surface area contributed by atoms with E-state index >= 15 is 0 Å². The summed E-state index contributed by atoms with van der Waals surface area (Å²) in [6, 6.07) is 15.4. The van der Waals surface area contributed by atoms with Crippen LogP contribution in [0.2, 0.25) is 5.02 Å². The van der Waals surface area contributed by atoms with Crippen molar-refractivity contribution in [1.82, 2.24) is 5.32 Å². The first kappa shape index (κ1) is 16.5. The average Bonchev–Trinajstić information content (AvgIpc) is 2.59. The molecule has 0 spiro atoms. The summed E-state index contributed by atoms with van der Waals surface area (Å²) < 4.78 is 11.2. The molecule has 24 heavy (non-hydrogen) atoms. The largest absolute Gasteiger partial charge is 0.493 e. The summed E-state index contributed by atoms with van der Waals surface area (Å²) in [5.74, 6) is 2.03. The molecule has 0 saturated carbocycles. The first-order chi connectivity index (χ1) is 11.7. The molecular formula is C18H20ClN3O2. The van der Waals surface area contributed by atoms with Crippen molar-refractivity contribution in [2.24, 2.45) is 10.7 Å². The zero-order valence-corrected chi connectivity index (χ0v) is 14.0. The number of guanidine groups is 1. The van der Waals surface area contributed by atoms with Crippen molar-refractivity contribution in [3.05, 3.63) is 59.1 Å². The van der Waals surface area contributed by atoms with E-state index in [4.69, 9.17) is 26.8 Å². The number of hydrogen-bond donors (Lipinski definition) is 2. The highest BCUT2D eigenvalue weighted by Gasteiger charge is 2.21. The molecule has 0 amide bonds. The number of halogens is 1. The van der Waals surface area contributed by atoms with Crippen LogP contribution in [0.5, 0.6) is 11.5 Å². The highest BCUT2D eigenvalue weighted by Crippen LogP contribution is 2.31. The summed E-state index contributed by atoms with van der Waals surface area (Å²) in [6.07, 6.45) is 0.853. The maximum absolute atomic E-state index is 5.99. The highest BCUT2D eigenvalue weighted by atomic mass is 35.5. The number of rotatable bonds is 5. The molecule has 0 fully saturated rings. The monoisotopic (exact) mass is 345 g/mol. The molecule has 3 rings (SSSR count). The summed E-state index contributed by atoms with van der Waals surface area (Å²) >= 11 is 5.91. The molecule has 1 atom stereocenters. The molecule has 0 aromatic heterocycles. The lowest BCUT2D eigenvalue weighted by Crippen LogP contribution is -2.37. The van der Waals surface area contributed by atoms with Gasteiger partial charge >= 0.3 is 0 Å². The quantitative estimate of drug-likeness (QED) is 0.496. The van der Waals surface area contributed by atoms with Crippen molar-refractivity contribution >= 4 is 17.6 Å². The fourth-order valence-corrected chi connectivity index (χ4v) is 2.78. The number of hydrogen-bond acceptors (Lipinski definition) is 3. The standard InChI is InChI=1S/C18H20ClN3O2/c19-13-4-3-5-14(12-13)23-11-9-21-18(20)22-16-8-10-24-17-7-2-1-6-15(16)17/h1-7,12,16H,8-11H2,(H3,20,21,22). The first-order valence-electron chi connectivity index (χ1n) is 7.89. The number of fused-ring (bicyclic) bond motifs is 1. The Hall–Kier alpha value is -2.40. The molecule has 2 aromatic carbocycles. The summed E-state index contributed by atoms with van der Waals surface area (Å²) in [5, 5.41) is 3.90. The minimum Gasteiger partial charge on any atom is -0.493 e. The molecule has 1 aliphatic heterocycles. The Morgan fingerprint density at radius 2 is 2.17 bits per heavy atom. The van der Waals surface area contributed by atoms with E-state index in [2.05, 4.69) is 10.3 Å². The van der Waals surface area contributed by atoms with Gasteiger partial charge in [-0.3, -0.25) is 0 Å². The summed E-state index contributed by atoms with van der Waals surface area (Å²) in [6.45, 7) is 1.57. The van der Waals surface area contributed by atoms with Crippen LogP contribution in [0.3, 0.4) is 0 Å². The van der Waals surface area contributed by atoms with E-state index < -0.39 is 0 Å². The lowest BCUT2D eigenvalue weighted by Gasteiger charge is -2.26. The van der Waals surface area contributed by atoms with Gasteiger partial charge in [0.1, 0.15) is 18.1 Å². The Kier molecular flexibility index (Phi) is 5.43. The van der Waals surface area contributed by atoms with E-state index in [0.29, 0.717) is 30.7 Å². The van der Waals surface area contributed by atoms with E-state index in [9.17, 15) is 0 Å². The molecule has 0 bridgehead atoms. The Labute approximate surface area is 146 Å². The molecule has 2 aromatic rings. The number of benzene rings is 2. The van der Waals surface area contributed by atoms with Crippen LogP contribution in [0.1, 0.15) is 18.0 Å². The predicted octanol–water partition coefficient (Wildman–Crippen LogP) is 3.15. The predicted molar refractivity (Wildman–Crippen MR) is 95.9 cm³/mol. The van der Waals surface area contributed by atoms with Crippen molar-refractivity contribution in [1.29, 1.82) is 0 Å². The van der Waals surface area contributed by atoms with Crippen molar-refractivity contribution in [2.75, 3.05) is 19.8 Å². The van der Waals surface area contributed by atoms with Gasteiger partial charge in [0.25, 0.3) is 0 Å². The SMILES string of the molecule is NC(=NCCOc1cccc(Cl)c1)NC1CCOc2ccccc21. The van der Waals surface area contributed by atoms with Gasteiger partial charge in [-0.1, -0.05) is 35.9 Å². The Morgan fingerprint density at radius 3 is 3.04 bits per heavy atom.